The maximum Gasteiger partial charge on any atom is 0.221 e. The van der Waals surface area contributed by atoms with E-state index < -0.39 is 11.6 Å². The molecule has 5 nitrogen and oxygen atoms in total. The molecule has 3 rings (SSSR count). The second-order valence-corrected chi connectivity index (χ2v) is 5.05. The van der Waals surface area contributed by atoms with Crippen molar-refractivity contribution in [3.05, 3.63) is 71.6 Å². The van der Waals surface area contributed by atoms with Crippen molar-refractivity contribution in [1.29, 1.82) is 0 Å². The number of aryl methyl sites for hydroxylation is 1. The van der Waals surface area contributed by atoms with Gasteiger partial charge < -0.3 is 10.5 Å². The van der Waals surface area contributed by atoms with E-state index in [4.69, 9.17) is 10.5 Å². The molecule has 2 N–H and O–H groups in total. The third-order valence-corrected chi connectivity index (χ3v) is 3.19. The van der Waals surface area contributed by atoms with E-state index in [9.17, 15) is 8.78 Å². The van der Waals surface area contributed by atoms with Crippen molar-refractivity contribution in [2.24, 2.45) is 5.10 Å². The molecule has 2 aromatic carbocycles. The lowest BCUT2D eigenvalue weighted by Crippen LogP contribution is -1.98. The van der Waals surface area contributed by atoms with Crippen molar-refractivity contribution in [3.8, 4) is 11.5 Å². The zero-order chi connectivity index (χ0) is 17.1. The molecule has 0 saturated carbocycles. The number of imidazole rings is 1. The van der Waals surface area contributed by atoms with Crippen LogP contribution in [-0.2, 0) is 0 Å². The third kappa shape index (κ3) is 3.40. The van der Waals surface area contributed by atoms with Crippen LogP contribution in [0.25, 0.3) is 0 Å². The lowest BCUT2D eigenvalue weighted by Gasteiger charge is -2.08. The van der Waals surface area contributed by atoms with E-state index in [1.54, 1.807) is 30.6 Å². The van der Waals surface area contributed by atoms with E-state index in [0.717, 1.165) is 17.8 Å². The first-order valence-corrected chi connectivity index (χ1v) is 7.10. The Hall–Kier alpha value is -3.22. The van der Waals surface area contributed by atoms with Crippen molar-refractivity contribution in [1.82, 2.24) is 9.66 Å². The minimum absolute atomic E-state index is 0.188. The summed E-state index contributed by atoms with van der Waals surface area (Å²) in [4.78, 5) is 4.05. The van der Waals surface area contributed by atoms with E-state index in [2.05, 4.69) is 10.1 Å². The molecule has 0 atom stereocenters. The van der Waals surface area contributed by atoms with E-state index in [0.29, 0.717) is 11.3 Å². The molecule has 7 heteroatoms. The van der Waals surface area contributed by atoms with Gasteiger partial charge in [0, 0.05) is 11.6 Å². The first kappa shape index (κ1) is 15.7. The van der Waals surface area contributed by atoms with Gasteiger partial charge in [-0.15, -0.1) is 0 Å². The van der Waals surface area contributed by atoms with Crippen molar-refractivity contribution in [2.75, 3.05) is 5.73 Å². The van der Waals surface area contributed by atoms with Crippen LogP contribution in [0.3, 0.4) is 0 Å². The van der Waals surface area contributed by atoms with E-state index in [-0.39, 0.29) is 11.7 Å². The summed E-state index contributed by atoms with van der Waals surface area (Å²) in [6, 6.07) is 10.4. The van der Waals surface area contributed by atoms with Crippen molar-refractivity contribution < 1.29 is 13.5 Å². The molecule has 0 unspecified atom stereocenters. The number of anilines is 1. The molecule has 1 heterocycles. The van der Waals surface area contributed by atoms with Gasteiger partial charge in [0.05, 0.1) is 18.1 Å². The fourth-order valence-corrected chi connectivity index (χ4v) is 2.07. The van der Waals surface area contributed by atoms with Crippen LogP contribution in [0.2, 0.25) is 0 Å². The molecule has 0 aliphatic rings. The lowest BCUT2D eigenvalue weighted by molar-refractivity contribution is 0.461. The van der Waals surface area contributed by atoms with Gasteiger partial charge in [-0.25, -0.2) is 18.4 Å². The summed E-state index contributed by atoms with van der Waals surface area (Å²) in [5.74, 6) is -0.998. The number of ether oxygens (including phenoxy) is 1. The van der Waals surface area contributed by atoms with Crippen molar-refractivity contribution in [2.45, 2.75) is 6.92 Å². The Morgan fingerprint density at radius 2 is 1.96 bits per heavy atom. The fraction of sp³-hybridized carbons (Fsp3) is 0.0588. The topological polar surface area (TPSA) is 65.4 Å². The summed E-state index contributed by atoms with van der Waals surface area (Å²) in [6.07, 6.45) is 3.23. The standard InChI is InChI=1S/C17H14F2N4O/c1-11-10-23(17(20)22-11)21-9-12-4-2-3-5-16(12)24-13-6-7-14(18)15(19)8-13/h2-10H,1H3,(H2,20,22). The summed E-state index contributed by atoms with van der Waals surface area (Å²) >= 11 is 0. The molecule has 1 aromatic heterocycles. The molecule has 0 amide bonds. The number of nitrogens with two attached hydrogens (primary N) is 1. The Morgan fingerprint density at radius 1 is 1.17 bits per heavy atom. The Kier molecular flexibility index (Phi) is 4.24. The second-order valence-electron chi connectivity index (χ2n) is 5.05. The summed E-state index contributed by atoms with van der Waals surface area (Å²) in [7, 11) is 0. The minimum Gasteiger partial charge on any atom is -0.457 e. The number of nitrogens with zero attached hydrogens (tertiary/aromatic N) is 3. The van der Waals surface area contributed by atoms with Crippen LogP contribution in [-0.4, -0.2) is 15.9 Å². The Morgan fingerprint density at radius 3 is 2.67 bits per heavy atom. The highest BCUT2D eigenvalue weighted by molar-refractivity contribution is 5.83. The molecular weight excluding hydrogens is 314 g/mol. The average molecular weight is 328 g/mol. The molecule has 0 aliphatic heterocycles. The van der Waals surface area contributed by atoms with Gasteiger partial charge in [0.2, 0.25) is 5.95 Å². The minimum atomic E-state index is -0.972. The lowest BCUT2D eigenvalue weighted by atomic mass is 10.2. The molecule has 122 valence electrons. The van der Waals surface area contributed by atoms with Gasteiger partial charge >= 0.3 is 0 Å². The maximum absolute atomic E-state index is 13.3. The summed E-state index contributed by atoms with van der Waals surface area (Å²) in [5.41, 5.74) is 7.12. The Labute approximate surface area is 137 Å². The molecule has 0 radical (unpaired) electrons. The number of halogens is 2. The number of nitrogen functional groups attached to an aromatic ring is 1. The normalized spacial score (nSPS) is 11.1. The molecule has 0 fully saturated rings. The zero-order valence-corrected chi connectivity index (χ0v) is 12.8. The fourth-order valence-electron chi connectivity index (χ4n) is 2.07. The molecule has 0 saturated heterocycles. The Bertz CT molecular complexity index is 905. The highest BCUT2D eigenvalue weighted by atomic mass is 19.2. The van der Waals surface area contributed by atoms with Crippen LogP contribution < -0.4 is 10.5 Å². The molecule has 0 aliphatic carbocycles. The van der Waals surface area contributed by atoms with Crippen LogP contribution in [0.15, 0.2) is 53.8 Å². The quantitative estimate of drug-likeness (QED) is 0.742. The monoisotopic (exact) mass is 328 g/mol. The number of rotatable bonds is 4. The van der Waals surface area contributed by atoms with Crippen LogP contribution in [0.4, 0.5) is 14.7 Å². The highest BCUT2D eigenvalue weighted by Gasteiger charge is 2.07. The number of hydrogen-bond acceptors (Lipinski definition) is 4. The number of benzene rings is 2. The predicted molar refractivity (Wildman–Crippen MR) is 87.2 cm³/mol. The van der Waals surface area contributed by atoms with Crippen LogP contribution in [0.1, 0.15) is 11.3 Å². The summed E-state index contributed by atoms with van der Waals surface area (Å²) < 4.78 is 33.3. The van der Waals surface area contributed by atoms with Crippen LogP contribution >= 0.6 is 0 Å². The largest absolute Gasteiger partial charge is 0.457 e. The van der Waals surface area contributed by atoms with Gasteiger partial charge in [-0.1, -0.05) is 12.1 Å². The Balaban J connectivity index is 1.87. The average Bonchev–Trinajstić information content (AvgIpc) is 2.88. The van der Waals surface area contributed by atoms with E-state index >= 15 is 0 Å². The highest BCUT2D eigenvalue weighted by Crippen LogP contribution is 2.25. The summed E-state index contributed by atoms with van der Waals surface area (Å²) in [5, 5.41) is 4.22. The maximum atomic E-state index is 13.3. The van der Waals surface area contributed by atoms with Gasteiger partial charge in [-0.3, -0.25) is 0 Å². The van der Waals surface area contributed by atoms with Crippen LogP contribution in [0, 0.1) is 18.6 Å². The number of aromatic nitrogens is 2. The molecule has 24 heavy (non-hydrogen) atoms. The SMILES string of the molecule is Cc1cn(N=Cc2ccccc2Oc2ccc(F)c(F)c2)c(N)n1. The van der Waals surface area contributed by atoms with Gasteiger partial charge in [-0.05, 0) is 31.2 Å². The van der Waals surface area contributed by atoms with Crippen molar-refractivity contribution in [3.63, 3.8) is 0 Å². The first-order chi connectivity index (χ1) is 11.5. The molecule has 3 aromatic rings. The van der Waals surface area contributed by atoms with Gasteiger partial charge in [0.15, 0.2) is 11.6 Å². The van der Waals surface area contributed by atoms with Crippen molar-refractivity contribution >= 4 is 12.2 Å². The molecular formula is C17H14F2N4O. The number of hydrogen-bond donors (Lipinski definition) is 1. The predicted octanol–water partition coefficient (Wildman–Crippen LogP) is 3.73. The zero-order valence-electron chi connectivity index (χ0n) is 12.8. The summed E-state index contributed by atoms with van der Waals surface area (Å²) in [6.45, 7) is 1.81. The van der Waals surface area contributed by atoms with E-state index in [1.165, 1.54) is 10.7 Å². The van der Waals surface area contributed by atoms with Crippen LogP contribution in [0.5, 0.6) is 11.5 Å². The smallest absolute Gasteiger partial charge is 0.221 e. The van der Waals surface area contributed by atoms with Gasteiger partial charge in [0.1, 0.15) is 11.5 Å². The van der Waals surface area contributed by atoms with Gasteiger partial charge in [0.25, 0.3) is 0 Å². The van der Waals surface area contributed by atoms with E-state index in [1.807, 2.05) is 13.0 Å². The molecule has 0 spiro atoms. The number of para-hydroxylation sites is 1. The van der Waals surface area contributed by atoms with Gasteiger partial charge in [-0.2, -0.15) is 5.10 Å². The second kappa shape index (κ2) is 6.49. The first-order valence-electron chi connectivity index (χ1n) is 7.10. The third-order valence-electron chi connectivity index (χ3n) is 3.19. The molecule has 0 bridgehead atoms.